The second-order valence-electron chi connectivity index (χ2n) is 4.76. The van der Waals surface area contributed by atoms with Crippen LogP contribution in [0.3, 0.4) is 0 Å². The lowest BCUT2D eigenvalue weighted by Crippen LogP contribution is -3.09. The molecule has 94 valence electrons. The minimum atomic E-state index is -0.362. The number of likely N-dealkylation sites (tertiary alicyclic amines) is 1. The average Bonchev–Trinajstić information content (AvgIpc) is 2.99. The Hall–Kier alpha value is -1.95. The van der Waals surface area contributed by atoms with Crippen molar-refractivity contribution in [2.45, 2.75) is 19.5 Å². The first-order chi connectivity index (χ1) is 8.74. The molecule has 3 rings (SSSR count). The lowest BCUT2D eigenvalue weighted by molar-refractivity contribution is -0.911. The van der Waals surface area contributed by atoms with Gasteiger partial charge in [-0.1, -0.05) is 0 Å². The first-order valence-electron chi connectivity index (χ1n) is 6.17. The van der Waals surface area contributed by atoms with E-state index in [-0.39, 0.29) is 10.6 Å². The molecule has 6 heteroatoms. The van der Waals surface area contributed by atoms with Gasteiger partial charge in [-0.15, -0.1) is 0 Å². The lowest BCUT2D eigenvalue weighted by Gasteiger charge is -2.12. The van der Waals surface area contributed by atoms with Crippen LogP contribution in [0.4, 0.5) is 5.69 Å². The van der Waals surface area contributed by atoms with Crippen molar-refractivity contribution in [3.8, 4) is 0 Å². The summed E-state index contributed by atoms with van der Waals surface area (Å²) in [6.07, 6.45) is 4.29. The number of rotatable bonds is 3. The smallest absolute Gasteiger partial charge is 0.271 e. The van der Waals surface area contributed by atoms with Gasteiger partial charge in [0.15, 0.2) is 6.67 Å². The molecule has 1 aliphatic rings. The summed E-state index contributed by atoms with van der Waals surface area (Å²) in [4.78, 5) is 11.9. The molecule has 0 amide bonds. The third-order valence-corrected chi connectivity index (χ3v) is 3.52. The summed E-state index contributed by atoms with van der Waals surface area (Å²) in [6, 6.07) is 4.89. The molecule has 6 nitrogen and oxygen atoms in total. The van der Waals surface area contributed by atoms with Crippen LogP contribution in [0.5, 0.6) is 0 Å². The summed E-state index contributed by atoms with van der Waals surface area (Å²) >= 11 is 0. The van der Waals surface area contributed by atoms with Crippen molar-refractivity contribution < 1.29 is 9.82 Å². The second-order valence-corrected chi connectivity index (χ2v) is 4.76. The maximum atomic E-state index is 10.8. The highest BCUT2D eigenvalue weighted by Crippen LogP contribution is 2.20. The highest BCUT2D eigenvalue weighted by molar-refractivity contribution is 5.80. The number of nitrogens with one attached hydrogen (secondary N) is 1. The van der Waals surface area contributed by atoms with Crippen LogP contribution in [0.25, 0.3) is 10.9 Å². The van der Waals surface area contributed by atoms with Crippen molar-refractivity contribution in [2.75, 3.05) is 13.1 Å². The molecule has 18 heavy (non-hydrogen) atoms. The summed E-state index contributed by atoms with van der Waals surface area (Å²) < 4.78 is 1.88. The molecule has 0 aliphatic carbocycles. The van der Waals surface area contributed by atoms with Crippen molar-refractivity contribution >= 4 is 16.6 Å². The van der Waals surface area contributed by atoms with E-state index in [0.717, 1.165) is 30.7 Å². The molecule has 1 N–H and O–H groups in total. The predicted molar refractivity (Wildman–Crippen MR) is 66.3 cm³/mol. The molecule has 0 bridgehead atoms. The van der Waals surface area contributed by atoms with Crippen LogP contribution in [0, 0.1) is 10.1 Å². The van der Waals surface area contributed by atoms with E-state index in [1.165, 1.54) is 23.8 Å². The van der Waals surface area contributed by atoms with E-state index >= 15 is 0 Å². The van der Waals surface area contributed by atoms with Gasteiger partial charge >= 0.3 is 0 Å². The van der Waals surface area contributed by atoms with Crippen molar-refractivity contribution in [1.29, 1.82) is 0 Å². The molecule has 1 aromatic heterocycles. The van der Waals surface area contributed by atoms with Gasteiger partial charge in [0.25, 0.3) is 5.69 Å². The number of benzene rings is 1. The molecule has 2 aromatic rings. The van der Waals surface area contributed by atoms with Crippen LogP contribution in [-0.2, 0) is 6.67 Å². The molecule has 0 saturated carbocycles. The normalized spacial score (nSPS) is 16.4. The van der Waals surface area contributed by atoms with Crippen LogP contribution < -0.4 is 4.90 Å². The first kappa shape index (κ1) is 11.2. The Kier molecular flexibility index (Phi) is 2.71. The molecular weight excluding hydrogens is 232 g/mol. The van der Waals surface area contributed by atoms with Crippen molar-refractivity contribution in [2.24, 2.45) is 0 Å². The van der Waals surface area contributed by atoms with Crippen molar-refractivity contribution in [3.63, 3.8) is 0 Å². The number of aromatic nitrogens is 2. The zero-order chi connectivity index (χ0) is 12.5. The second kappa shape index (κ2) is 4.38. The van der Waals surface area contributed by atoms with E-state index in [1.807, 2.05) is 4.68 Å². The molecule has 0 unspecified atom stereocenters. The zero-order valence-electron chi connectivity index (χ0n) is 10.0. The highest BCUT2D eigenvalue weighted by Gasteiger charge is 2.17. The van der Waals surface area contributed by atoms with Gasteiger partial charge in [0, 0.05) is 30.4 Å². The predicted octanol–water partition coefficient (Wildman–Crippen LogP) is 0.581. The van der Waals surface area contributed by atoms with Gasteiger partial charge in [-0.25, -0.2) is 4.68 Å². The molecule has 1 fully saturated rings. The Balaban J connectivity index is 1.95. The van der Waals surface area contributed by atoms with E-state index in [0.29, 0.717) is 0 Å². The SMILES string of the molecule is O=[N+]([O-])c1ccc2cnn(C[NH+]3CCCC3)c2c1. The number of nitrogens with zero attached hydrogens (tertiary/aromatic N) is 3. The Morgan fingerprint density at radius 2 is 2.17 bits per heavy atom. The molecule has 2 heterocycles. The monoisotopic (exact) mass is 247 g/mol. The minimum absolute atomic E-state index is 0.126. The van der Waals surface area contributed by atoms with Crippen molar-refractivity contribution in [3.05, 3.63) is 34.5 Å². The third-order valence-electron chi connectivity index (χ3n) is 3.52. The van der Waals surface area contributed by atoms with Crippen LogP contribution >= 0.6 is 0 Å². The molecule has 1 saturated heterocycles. The summed E-state index contributed by atoms with van der Waals surface area (Å²) in [5, 5.41) is 16.1. The molecule has 0 spiro atoms. The van der Waals surface area contributed by atoms with Crippen LogP contribution in [-0.4, -0.2) is 27.8 Å². The van der Waals surface area contributed by atoms with Gasteiger partial charge in [0.05, 0.1) is 29.7 Å². The van der Waals surface area contributed by atoms with E-state index in [4.69, 9.17) is 0 Å². The third kappa shape index (κ3) is 1.95. The average molecular weight is 247 g/mol. The topological polar surface area (TPSA) is 65.4 Å². The summed E-state index contributed by atoms with van der Waals surface area (Å²) in [6.45, 7) is 3.12. The minimum Gasteiger partial charge on any atom is -0.316 e. The fraction of sp³-hybridized carbons (Fsp3) is 0.417. The fourth-order valence-corrected chi connectivity index (χ4v) is 2.54. The Morgan fingerprint density at radius 3 is 2.89 bits per heavy atom. The maximum Gasteiger partial charge on any atom is 0.271 e. The summed E-state index contributed by atoms with van der Waals surface area (Å²) in [5.74, 6) is 0. The zero-order valence-corrected chi connectivity index (χ0v) is 10.0. The van der Waals surface area contributed by atoms with E-state index in [2.05, 4.69) is 5.10 Å². The molecule has 1 aromatic carbocycles. The van der Waals surface area contributed by atoms with Crippen molar-refractivity contribution in [1.82, 2.24) is 9.78 Å². The largest absolute Gasteiger partial charge is 0.316 e. The number of quaternary nitrogens is 1. The number of fused-ring (bicyclic) bond motifs is 1. The highest BCUT2D eigenvalue weighted by atomic mass is 16.6. The van der Waals surface area contributed by atoms with Gasteiger partial charge in [-0.3, -0.25) is 10.1 Å². The lowest BCUT2D eigenvalue weighted by atomic mass is 10.2. The standard InChI is InChI=1S/C12H14N4O2/c17-16(18)11-4-3-10-8-13-15(12(10)7-11)9-14-5-1-2-6-14/h3-4,7-8H,1-2,5-6,9H2/p+1. The molecule has 1 aliphatic heterocycles. The van der Waals surface area contributed by atoms with E-state index in [1.54, 1.807) is 18.3 Å². The van der Waals surface area contributed by atoms with Gasteiger partial charge in [0.2, 0.25) is 0 Å². The van der Waals surface area contributed by atoms with Crippen LogP contribution in [0.2, 0.25) is 0 Å². The summed E-state index contributed by atoms with van der Waals surface area (Å²) in [5.41, 5.74) is 0.976. The maximum absolute atomic E-state index is 10.8. The summed E-state index contributed by atoms with van der Waals surface area (Å²) in [7, 11) is 0. The number of hydrogen-bond donors (Lipinski definition) is 1. The Labute approximate surface area is 104 Å². The fourth-order valence-electron chi connectivity index (χ4n) is 2.54. The Bertz CT molecular complexity index is 587. The number of nitro benzene ring substituents is 1. The van der Waals surface area contributed by atoms with Crippen LogP contribution in [0.1, 0.15) is 12.8 Å². The quantitative estimate of drug-likeness (QED) is 0.637. The van der Waals surface area contributed by atoms with Crippen LogP contribution in [0.15, 0.2) is 24.4 Å². The first-order valence-corrected chi connectivity index (χ1v) is 6.17. The Morgan fingerprint density at radius 1 is 1.39 bits per heavy atom. The van der Waals surface area contributed by atoms with Gasteiger partial charge in [-0.05, 0) is 6.07 Å². The van der Waals surface area contributed by atoms with E-state index in [9.17, 15) is 10.1 Å². The number of nitro groups is 1. The molecule has 0 atom stereocenters. The number of non-ortho nitro benzene ring substituents is 1. The van der Waals surface area contributed by atoms with Gasteiger partial charge in [-0.2, -0.15) is 5.10 Å². The molecular formula is C12H15N4O2+. The van der Waals surface area contributed by atoms with E-state index < -0.39 is 0 Å². The van der Waals surface area contributed by atoms with Gasteiger partial charge < -0.3 is 4.90 Å². The van der Waals surface area contributed by atoms with Gasteiger partial charge in [0.1, 0.15) is 0 Å². The molecule has 0 radical (unpaired) electrons. The number of hydrogen-bond acceptors (Lipinski definition) is 3.